The molecule has 4 nitrogen and oxygen atoms in total. The van der Waals surface area contributed by atoms with Crippen LogP contribution in [0.25, 0.3) is 11.1 Å². The van der Waals surface area contributed by atoms with Crippen LogP contribution in [0.1, 0.15) is 35.6 Å². The van der Waals surface area contributed by atoms with Gasteiger partial charge in [0.05, 0.1) is 17.7 Å². The van der Waals surface area contributed by atoms with E-state index in [2.05, 4.69) is 29.2 Å². The van der Waals surface area contributed by atoms with E-state index in [1.54, 1.807) is 0 Å². The third-order valence-corrected chi connectivity index (χ3v) is 5.87. The van der Waals surface area contributed by atoms with Crippen LogP contribution in [0.3, 0.4) is 0 Å². The highest BCUT2D eigenvalue weighted by atomic mass is 16.5. The van der Waals surface area contributed by atoms with Crippen molar-refractivity contribution in [3.63, 3.8) is 0 Å². The average molecular weight is 331 g/mol. The minimum Gasteiger partial charge on any atom is -0.483 e. The summed E-state index contributed by atoms with van der Waals surface area (Å²) in [4.78, 5) is 2.53. The van der Waals surface area contributed by atoms with E-state index in [0.717, 1.165) is 43.7 Å². The zero-order valence-corrected chi connectivity index (χ0v) is 14.1. The fourth-order valence-electron chi connectivity index (χ4n) is 4.74. The Morgan fingerprint density at radius 2 is 2.12 bits per heavy atom. The third-order valence-electron chi connectivity index (χ3n) is 5.87. The van der Waals surface area contributed by atoms with Crippen LogP contribution >= 0.6 is 0 Å². The summed E-state index contributed by atoms with van der Waals surface area (Å²) >= 11 is 0. The highest BCUT2D eigenvalue weighted by Gasteiger charge is 2.43. The molecule has 2 aliphatic heterocycles. The molecule has 1 aliphatic carbocycles. The lowest BCUT2D eigenvalue weighted by Crippen LogP contribution is -2.50. The Kier molecular flexibility index (Phi) is 3.34. The summed E-state index contributed by atoms with van der Waals surface area (Å²) < 4.78 is 6.47. The average Bonchev–Trinajstić information content (AvgIpc) is 3.01. The first-order valence-electron chi connectivity index (χ1n) is 9.07. The van der Waals surface area contributed by atoms with Crippen LogP contribution in [0.15, 0.2) is 36.4 Å². The normalized spacial score (nSPS) is 27.1. The van der Waals surface area contributed by atoms with E-state index in [4.69, 9.17) is 10.5 Å². The summed E-state index contributed by atoms with van der Waals surface area (Å²) in [5, 5.41) is 9.23. The first-order chi connectivity index (χ1) is 12.2. The van der Waals surface area contributed by atoms with Gasteiger partial charge in [0.25, 0.3) is 0 Å². The Labute approximate surface area is 147 Å². The number of piperidine rings is 1. The summed E-state index contributed by atoms with van der Waals surface area (Å²) in [6.45, 7) is 2.05. The molecule has 0 radical (unpaired) electrons. The Morgan fingerprint density at radius 1 is 1.20 bits per heavy atom. The first kappa shape index (κ1) is 14.9. The molecule has 4 heteroatoms. The van der Waals surface area contributed by atoms with E-state index in [0.29, 0.717) is 11.6 Å². The van der Waals surface area contributed by atoms with Crippen molar-refractivity contribution in [3.05, 3.63) is 53.1 Å². The second-order valence-electron chi connectivity index (χ2n) is 7.41. The molecule has 25 heavy (non-hydrogen) atoms. The van der Waals surface area contributed by atoms with Gasteiger partial charge in [0, 0.05) is 23.7 Å². The number of hydrogen-bond acceptors (Lipinski definition) is 4. The van der Waals surface area contributed by atoms with Gasteiger partial charge in [-0.3, -0.25) is 4.90 Å². The smallest absolute Gasteiger partial charge is 0.140 e. The summed E-state index contributed by atoms with van der Waals surface area (Å²) in [5.74, 6) is 0.891. The van der Waals surface area contributed by atoms with E-state index in [1.807, 2.05) is 18.2 Å². The second kappa shape index (κ2) is 5.59. The van der Waals surface area contributed by atoms with Crippen molar-refractivity contribution in [2.24, 2.45) is 5.73 Å². The third kappa shape index (κ3) is 2.27. The highest BCUT2D eigenvalue weighted by molar-refractivity contribution is 5.79. The number of nitrogens with zero attached hydrogens (tertiary/aromatic N) is 2. The van der Waals surface area contributed by atoms with Crippen molar-refractivity contribution in [1.29, 1.82) is 5.26 Å². The summed E-state index contributed by atoms with van der Waals surface area (Å²) in [5.41, 5.74) is 11.9. The van der Waals surface area contributed by atoms with Crippen molar-refractivity contribution in [1.82, 2.24) is 4.90 Å². The molecule has 2 heterocycles. The van der Waals surface area contributed by atoms with Gasteiger partial charge >= 0.3 is 0 Å². The van der Waals surface area contributed by atoms with Gasteiger partial charge in [-0.15, -0.1) is 0 Å². The summed E-state index contributed by atoms with van der Waals surface area (Å²) in [7, 11) is 0. The van der Waals surface area contributed by atoms with Crippen molar-refractivity contribution in [2.45, 2.75) is 37.5 Å². The minimum atomic E-state index is 0.0666. The standard InChI is InChI=1S/C21H21N3O/c22-11-13-6-7-19-17(9-13)16-5-1-3-14-10-18(21(25-19)20(14)16)24-8-2-4-15(23)12-24/h1,3,5-7,9,15,18,21H,2,4,8,10,12,23H2. The molecule has 2 aromatic carbocycles. The number of hydrogen-bond donors (Lipinski definition) is 1. The lowest BCUT2D eigenvalue weighted by molar-refractivity contribution is 0.0582. The zero-order chi connectivity index (χ0) is 17.0. The molecule has 2 N–H and O–H groups in total. The van der Waals surface area contributed by atoms with Gasteiger partial charge in [-0.2, -0.15) is 5.26 Å². The number of ether oxygens (including phenoxy) is 1. The molecule has 3 unspecified atom stereocenters. The molecule has 0 saturated carbocycles. The molecule has 0 bridgehead atoms. The maximum Gasteiger partial charge on any atom is 0.140 e. The van der Waals surface area contributed by atoms with Gasteiger partial charge in [0.1, 0.15) is 11.9 Å². The van der Waals surface area contributed by atoms with Crippen LogP contribution < -0.4 is 10.5 Å². The van der Waals surface area contributed by atoms with Gasteiger partial charge in [0.2, 0.25) is 0 Å². The van der Waals surface area contributed by atoms with Gasteiger partial charge < -0.3 is 10.5 Å². The Morgan fingerprint density at radius 3 is 2.96 bits per heavy atom. The molecule has 1 saturated heterocycles. The first-order valence-corrected chi connectivity index (χ1v) is 9.07. The quantitative estimate of drug-likeness (QED) is 0.872. The topological polar surface area (TPSA) is 62.3 Å². The van der Waals surface area contributed by atoms with E-state index in [9.17, 15) is 5.26 Å². The van der Waals surface area contributed by atoms with Crippen LogP contribution in [0.4, 0.5) is 0 Å². The SMILES string of the molecule is N#Cc1ccc2c(c1)-c1cccc3c1C(O2)C(N1CCCC(N)C1)C3. The molecular formula is C21H21N3O. The molecule has 1 fully saturated rings. The molecule has 0 aromatic heterocycles. The zero-order valence-electron chi connectivity index (χ0n) is 14.1. The molecule has 126 valence electrons. The lowest BCUT2D eigenvalue weighted by Gasteiger charge is -2.39. The molecule has 3 atom stereocenters. The van der Waals surface area contributed by atoms with Crippen LogP contribution in [0, 0.1) is 11.3 Å². The van der Waals surface area contributed by atoms with Crippen molar-refractivity contribution < 1.29 is 4.74 Å². The monoisotopic (exact) mass is 331 g/mol. The fourth-order valence-corrected chi connectivity index (χ4v) is 4.74. The maximum atomic E-state index is 9.23. The van der Waals surface area contributed by atoms with Crippen LogP contribution in [0.2, 0.25) is 0 Å². The van der Waals surface area contributed by atoms with E-state index in [-0.39, 0.29) is 12.1 Å². The molecule has 0 amide bonds. The van der Waals surface area contributed by atoms with E-state index < -0.39 is 0 Å². The van der Waals surface area contributed by atoms with Gasteiger partial charge in [-0.05, 0) is 55.1 Å². The van der Waals surface area contributed by atoms with Crippen molar-refractivity contribution >= 4 is 0 Å². The van der Waals surface area contributed by atoms with E-state index in [1.165, 1.54) is 16.7 Å². The number of rotatable bonds is 1. The maximum absolute atomic E-state index is 9.23. The Hall–Kier alpha value is -2.35. The largest absolute Gasteiger partial charge is 0.483 e. The fraction of sp³-hybridized carbons (Fsp3) is 0.381. The molecule has 5 rings (SSSR count). The second-order valence-corrected chi connectivity index (χ2v) is 7.41. The van der Waals surface area contributed by atoms with Crippen LogP contribution in [-0.2, 0) is 6.42 Å². The highest BCUT2D eigenvalue weighted by Crippen LogP contribution is 2.50. The number of likely N-dealkylation sites (tertiary alicyclic amines) is 1. The predicted octanol–water partition coefficient (Wildman–Crippen LogP) is 3.01. The van der Waals surface area contributed by atoms with Crippen molar-refractivity contribution in [2.75, 3.05) is 13.1 Å². The van der Waals surface area contributed by atoms with E-state index >= 15 is 0 Å². The molecule has 3 aliphatic rings. The number of nitrogens with two attached hydrogens (primary N) is 1. The summed E-state index contributed by atoms with van der Waals surface area (Å²) in [6, 6.07) is 15.1. The minimum absolute atomic E-state index is 0.0666. The molecule has 0 spiro atoms. The molecular weight excluding hydrogens is 310 g/mol. The van der Waals surface area contributed by atoms with Gasteiger partial charge in [0.15, 0.2) is 0 Å². The number of fused-ring (bicyclic) bond motifs is 2. The van der Waals surface area contributed by atoms with Crippen LogP contribution in [0.5, 0.6) is 5.75 Å². The molecule has 2 aromatic rings. The number of benzene rings is 2. The van der Waals surface area contributed by atoms with Gasteiger partial charge in [-0.25, -0.2) is 0 Å². The lowest BCUT2D eigenvalue weighted by atomic mass is 9.91. The van der Waals surface area contributed by atoms with Crippen LogP contribution in [-0.4, -0.2) is 30.1 Å². The Bertz CT molecular complexity index is 885. The predicted molar refractivity (Wildman–Crippen MR) is 96.2 cm³/mol. The van der Waals surface area contributed by atoms with Gasteiger partial charge in [-0.1, -0.05) is 18.2 Å². The summed E-state index contributed by atoms with van der Waals surface area (Å²) in [6.07, 6.45) is 3.36. The van der Waals surface area contributed by atoms with Crippen molar-refractivity contribution in [3.8, 4) is 22.9 Å². The Balaban J connectivity index is 1.59. The number of nitriles is 1.